The molecule has 0 saturated heterocycles. The standard InChI is InChI=1S/C40H84O13Si/c1-7-8-9-10-11-12-13-14-15-41-16-17-42-18-19-43-20-21-44-22-23-45-24-25-46-26-27-47-28-29-48-30-31-49-32-33-50-34-35-51-36-37-52-38-39-53-54(5,6)40(2,3)4/h7-39H2,1-6H3. The lowest BCUT2D eigenvalue weighted by atomic mass is 10.1. The normalized spacial score (nSPS) is 12.3. The summed E-state index contributed by atoms with van der Waals surface area (Å²) in [5.41, 5.74) is 0. The van der Waals surface area contributed by atoms with Crippen LogP contribution in [0.15, 0.2) is 0 Å². The molecule has 13 nitrogen and oxygen atoms in total. The molecule has 0 aliphatic carbocycles. The Morgan fingerprint density at radius 3 is 0.722 bits per heavy atom. The number of rotatable bonds is 46. The zero-order chi connectivity index (χ0) is 39.5. The molecule has 0 aliphatic rings. The van der Waals surface area contributed by atoms with E-state index in [0.29, 0.717) is 159 Å². The maximum atomic E-state index is 6.09. The van der Waals surface area contributed by atoms with Gasteiger partial charge in [-0.2, -0.15) is 0 Å². The lowest BCUT2D eigenvalue weighted by Gasteiger charge is -2.36. The van der Waals surface area contributed by atoms with E-state index in [1.165, 1.54) is 44.9 Å². The van der Waals surface area contributed by atoms with E-state index in [1.807, 2.05) is 0 Å². The van der Waals surface area contributed by atoms with Crippen molar-refractivity contribution in [2.45, 2.75) is 97.2 Å². The molecule has 326 valence electrons. The molecule has 0 amide bonds. The molecule has 0 unspecified atom stereocenters. The third-order valence-electron chi connectivity index (χ3n) is 8.73. The van der Waals surface area contributed by atoms with Crippen molar-refractivity contribution >= 4 is 8.32 Å². The van der Waals surface area contributed by atoms with Gasteiger partial charge in [-0.3, -0.25) is 0 Å². The van der Waals surface area contributed by atoms with Crippen LogP contribution in [-0.2, 0) is 61.3 Å². The van der Waals surface area contributed by atoms with E-state index in [9.17, 15) is 0 Å². The molecule has 0 heterocycles. The van der Waals surface area contributed by atoms with E-state index >= 15 is 0 Å². The lowest BCUT2D eigenvalue weighted by molar-refractivity contribution is -0.0285. The largest absolute Gasteiger partial charge is 0.414 e. The van der Waals surface area contributed by atoms with Gasteiger partial charge in [0.15, 0.2) is 8.32 Å². The molecule has 0 aromatic carbocycles. The van der Waals surface area contributed by atoms with E-state index in [4.69, 9.17) is 61.3 Å². The highest BCUT2D eigenvalue weighted by Gasteiger charge is 2.36. The Kier molecular flexibility index (Phi) is 42.1. The van der Waals surface area contributed by atoms with E-state index in [-0.39, 0.29) is 5.04 Å². The Balaban J connectivity index is 3.11. The average Bonchev–Trinajstić information content (AvgIpc) is 3.14. The van der Waals surface area contributed by atoms with Crippen LogP contribution >= 0.6 is 0 Å². The van der Waals surface area contributed by atoms with Gasteiger partial charge in [-0.15, -0.1) is 0 Å². The third-order valence-corrected chi connectivity index (χ3v) is 13.3. The zero-order valence-corrected chi connectivity index (χ0v) is 36.6. The van der Waals surface area contributed by atoms with Crippen molar-refractivity contribution in [3.05, 3.63) is 0 Å². The van der Waals surface area contributed by atoms with Crippen molar-refractivity contribution in [2.75, 3.05) is 165 Å². The van der Waals surface area contributed by atoms with E-state index in [0.717, 1.165) is 13.0 Å². The van der Waals surface area contributed by atoms with Crippen LogP contribution in [0.5, 0.6) is 0 Å². The average molecular weight is 801 g/mol. The van der Waals surface area contributed by atoms with E-state index < -0.39 is 8.32 Å². The van der Waals surface area contributed by atoms with Crippen molar-refractivity contribution in [2.24, 2.45) is 0 Å². The summed E-state index contributed by atoms with van der Waals surface area (Å²) in [4.78, 5) is 0. The van der Waals surface area contributed by atoms with Crippen LogP contribution < -0.4 is 0 Å². The molecule has 0 fully saturated rings. The maximum Gasteiger partial charge on any atom is 0.192 e. The van der Waals surface area contributed by atoms with E-state index in [1.54, 1.807) is 0 Å². The van der Waals surface area contributed by atoms with Crippen LogP contribution in [0.1, 0.15) is 79.1 Å². The molecule has 0 atom stereocenters. The van der Waals surface area contributed by atoms with Gasteiger partial charge >= 0.3 is 0 Å². The van der Waals surface area contributed by atoms with Gasteiger partial charge in [-0.25, -0.2) is 0 Å². The molecular weight excluding hydrogens is 717 g/mol. The minimum Gasteiger partial charge on any atom is -0.414 e. The number of hydrogen-bond donors (Lipinski definition) is 0. The summed E-state index contributed by atoms with van der Waals surface area (Å²) in [5, 5.41) is 0.217. The highest BCUT2D eigenvalue weighted by atomic mass is 28.4. The molecule has 54 heavy (non-hydrogen) atoms. The monoisotopic (exact) mass is 801 g/mol. The molecule has 0 aromatic rings. The van der Waals surface area contributed by atoms with Crippen LogP contribution in [0.25, 0.3) is 0 Å². The summed E-state index contributed by atoms with van der Waals surface area (Å²) in [6.45, 7) is 27.4. The zero-order valence-electron chi connectivity index (χ0n) is 35.6. The second-order valence-corrected chi connectivity index (χ2v) is 19.2. The minimum atomic E-state index is -1.70. The Morgan fingerprint density at radius 1 is 0.278 bits per heavy atom. The summed E-state index contributed by atoms with van der Waals surface area (Å²) in [6, 6.07) is 0. The summed E-state index contributed by atoms with van der Waals surface area (Å²) in [5.74, 6) is 0. The molecule has 0 radical (unpaired) electrons. The Labute approximate surface area is 331 Å². The van der Waals surface area contributed by atoms with Gasteiger partial charge in [0.2, 0.25) is 0 Å². The molecular formula is C40H84O13Si. The summed E-state index contributed by atoms with van der Waals surface area (Å²) in [6.07, 6.45) is 10.5. The highest BCUT2D eigenvalue weighted by molar-refractivity contribution is 6.74. The molecule has 0 aliphatic heterocycles. The molecule has 0 spiro atoms. The predicted molar refractivity (Wildman–Crippen MR) is 216 cm³/mol. The Hall–Kier alpha value is -0.303. The first-order chi connectivity index (χ1) is 26.3. The Bertz CT molecular complexity index is 716. The van der Waals surface area contributed by atoms with E-state index in [2.05, 4.69) is 40.8 Å². The third kappa shape index (κ3) is 41.3. The molecule has 0 rings (SSSR count). The highest BCUT2D eigenvalue weighted by Crippen LogP contribution is 2.36. The van der Waals surface area contributed by atoms with Crippen molar-refractivity contribution in [1.82, 2.24) is 0 Å². The maximum absolute atomic E-state index is 6.09. The van der Waals surface area contributed by atoms with Crippen LogP contribution in [0.3, 0.4) is 0 Å². The molecule has 0 aromatic heterocycles. The van der Waals surface area contributed by atoms with Gasteiger partial charge in [-0.1, -0.05) is 72.6 Å². The first-order valence-electron chi connectivity index (χ1n) is 20.9. The fourth-order valence-electron chi connectivity index (χ4n) is 4.43. The first-order valence-corrected chi connectivity index (χ1v) is 23.8. The summed E-state index contributed by atoms with van der Waals surface area (Å²) in [7, 11) is -1.70. The van der Waals surface area contributed by atoms with Gasteiger partial charge in [-0.05, 0) is 24.6 Å². The van der Waals surface area contributed by atoms with Crippen LogP contribution in [0, 0.1) is 0 Å². The number of hydrogen-bond acceptors (Lipinski definition) is 13. The van der Waals surface area contributed by atoms with Crippen molar-refractivity contribution in [1.29, 1.82) is 0 Å². The van der Waals surface area contributed by atoms with Crippen LogP contribution in [-0.4, -0.2) is 173 Å². The number of ether oxygens (including phenoxy) is 12. The fraction of sp³-hybridized carbons (Fsp3) is 1.00. The SMILES string of the molecule is CCCCCCCCCCOCCOCCOCCOCCOCCOCCOCCOCCOCCOCCOCCOCCO[Si](C)(C)C(C)(C)C. The summed E-state index contributed by atoms with van der Waals surface area (Å²) < 4.78 is 72.5. The van der Waals surface area contributed by atoms with Gasteiger partial charge in [0, 0.05) is 6.61 Å². The molecule has 0 N–H and O–H groups in total. The number of unbranched alkanes of at least 4 members (excludes halogenated alkanes) is 7. The van der Waals surface area contributed by atoms with Crippen LogP contribution in [0.4, 0.5) is 0 Å². The van der Waals surface area contributed by atoms with Crippen LogP contribution in [0.2, 0.25) is 18.1 Å². The molecule has 0 bridgehead atoms. The lowest BCUT2D eigenvalue weighted by Crippen LogP contribution is -2.41. The van der Waals surface area contributed by atoms with Gasteiger partial charge < -0.3 is 61.3 Å². The first kappa shape index (κ1) is 53.7. The molecule has 0 saturated carbocycles. The topological polar surface area (TPSA) is 120 Å². The second kappa shape index (κ2) is 42.3. The molecule has 14 heteroatoms. The fourth-order valence-corrected chi connectivity index (χ4v) is 5.46. The van der Waals surface area contributed by atoms with Crippen molar-refractivity contribution in [3.63, 3.8) is 0 Å². The van der Waals surface area contributed by atoms with Gasteiger partial charge in [0.25, 0.3) is 0 Å². The minimum absolute atomic E-state index is 0.217. The second-order valence-electron chi connectivity index (χ2n) is 14.4. The summed E-state index contributed by atoms with van der Waals surface area (Å²) >= 11 is 0. The van der Waals surface area contributed by atoms with Crippen molar-refractivity contribution in [3.8, 4) is 0 Å². The smallest absolute Gasteiger partial charge is 0.192 e. The van der Waals surface area contributed by atoms with Gasteiger partial charge in [0.1, 0.15) is 0 Å². The Morgan fingerprint density at radius 2 is 0.481 bits per heavy atom. The van der Waals surface area contributed by atoms with Gasteiger partial charge in [0.05, 0.1) is 159 Å². The van der Waals surface area contributed by atoms with Crippen molar-refractivity contribution < 1.29 is 61.3 Å². The predicted octanol–water partition coefficient (Wildman–Crippen LogP) is 6.35. The quantitative estimate of drug-likeness (QED) is 0.0503.